The predicted molar refractivity (Wildman–Crippen MR) is 141 cm³/mol. The highest BCUT2D eigenvalue weighted by atomic mass is 32.3. The number of hydrogen-bond donors (Lipinski definition) is 9. The normalized spacial score (nSPS) is 32.7. The van der Waals surface area contributed by atoms with Crippen molar-refractivity contribution in [3.63, 3.8) is 0 Å². The lowest BCUT2D eigenvalue weighted by atomic mass is 9.97. The summed E-state index contributed by atoms with van der Waals surface area (Å²) in [6.45, 7) is -1.78. The van der Waals surface area contributed by atoms with Gasteiger partial charge in [0.1, 0.15) is 42.7 Å². The van der Waals surface area contributed by atoms with Crippen LogP contribution in [-0.2, 0) is 65.9 Å². The number of aliphatic hydroxyl groups excluding tert-OH is 3. The van der Waals surface area contributed by atoms with Gasteiger partial charge in [0.05, 0.1) is 13.2 Å². The van der Waals surface area contributed by atoms with Crippen molar-refractivity contribution in [2.75, 3.05) is 13.2 Å². The van der Waals surface area contributed by atoms with Crippen LogP contribution in [0.5, 0.6) is 0 Å². The Hall–Kier alpha value is -2.05. The summed E-state index contributed by atoms with van der Waals surface area (Å²) in [6.07, 6.45) is -15.8. The van der Waals surface area contributed by atoms with Crippen LogP contribution in [0.15, 0.2) is 21.9 Å². The number of ether oxygens (including phenoxy) is 2. The molecule has 11 atom stereocenters. The Morgan fingerprint density at radius 2 is 1.62 bits per heavy atom. The molecule has 0 spiro atoms. The van der Waals surface area contributed by atoms with E-state index in [0.29, 0.717) is 4.57 Å². The second-order valence-electron chi connectivity index (χ2n) is 9.44. The Kier molecular flexibility index (Phi) is 12.4. The van der Waals surface area contributed by atoms with Gasteiger partial charge >= 0.3 is 42.1 Å². The number of nitrogens with zero attached hydrogens (tertiary/aromatic N) is 1. The number of phosphoric ester groups is 2. The molecule has 30 heteroatoms. The molecule has 0 aromatic carbocycles. The van der Waals surface area contributed by atoms with Crippen LogP contribution in [0.1, 0.15) is 13.2 Å². The third-order valence-electron chi connectivity index (χ3n) is 5.96. The Morgan fingerprint density at radius 1 is 0.979 bits per heavy atom. The van der Waals surface area contributed by atoms with Crippen LogP contribution in [0.25, 0.3) is 0 Å². The van der Waals surface area contributed by atoms with E-state index in [1.54, 1.807) is 0 Å². The van der Waals surface area contributed by atoms with E-state index in [-0.39, 0.29) is 0 Å². The van der Waals surface area contributed by atoms with E-state index >= 15 is 0 Å². The molecule has 1 aromatic heterocycles. The fourth-order valence-corrected chi connectivity index (χ4v) is 7.13. The van der Waals surface area contributed by atoms with Gasteiger partial charge in [-0.3, -0.25) is 37.3 Å². The number of carbonyl (C=O) groups is 1. The highest BCUT2D eigenvalue weighted by molar-refractivity contribution is 7.81. The number of phosphoric acid groups is 2. The summed E-state index contributed by atoms with van der Waals surface area (Å²) in [6, 6.07) is -1.26. The van der Waals surface area contributed by atoms with Crippen molar-refractivity contribution < 1.29 is 96.2 Å². The SMILES string of the molecule is CC(=O)N[C@H]1C(OP(=O)(O)OP(=O)(O)OC[C@H]2O[C@@H](n3ccc(=O)[nH]c3=O)[C@H](O)[C@@H]2O)O[C@H](COS(=O)(=O)O)[C@H](OS(=O)(=O)O)[C@@H]1O. The number of H-pyrrole nitrogens is 1. The number of amides is 1. The van der Waals surface area contributed by atoms with Gasteiger partial charge in [-0.05, 0) is 0 Å². The first-order valence-corrected chi connectivity index (χ1v) is 18.0. The lowest BCUT2D eigenvalue weighted by Gasteiger charge is -2.43. The quantitative estimate of drug-likeness (QED) is 0.0632. The molecule has 0 saturated carbocycles. The first kappa shape index (κ1) is 39.4. The van der Waals surface area contributed by atoms with Crippen molar-refractivity contribution in [1.82, 2.24) is 14.9 Å². The number of aromatic amines is 1. The minimum absolute atomic E-state index is 0.657. The van der Waals surface area contributed by atoms with Crippen LogP contribution < -0.4 is 16.6 Å². The Labute approximate surface area is 261 Å². The largest absolute Gasteiger partial charge is 0.483 e. The first-order chi connectivity index (χ1) is 21.4. The Morgan fingerprint density at radius 3 is 2.17 bits per heavy atom. The van der Waals surface area contributed by atoms with Gasteiger partial charge in [0.2, 0.25) is 5.91 Å². The van der Waals surface area contributed by atoms with Crippen molar-refractivity contribution in [1.29, 1.82) is 0 Å². The van der Waals surface area contributed by atoms with Crippen LogP contribution in [0, 0.1) is 0 Å². The molecule has 26 nitrogen and oxygen atoms in total. The van der Waals surface area contributed by atoms with E-state index in [4.69, 9.17) is 18.6 Å². The van der Waals surface area contributed by atoms with E-state index in [2.05, 4.69) is 21.7 Å². The van der Waals surface area contributed by atoms with Crippen LogP contribution in [0.2, 0.25) is 0 Å². The number of aliphatic hydroxyl groups is 3. The van der Waals surface area contributed by atoms with E-state index in [0.717, 1.165) is 19.2 Å². The molecule has 0 aliphatic carbocycles. The van der Waals surface area contributed by atoms with Gasteiger partial charge in [0, 0.05) is 19.2 Å². The highest BCUT2D eigenvalue weighted by Crippen LogP contribution is 2.61. The molecule has 2 aliphatic heterocycles. The average molecular weight is 767 g/mol. The molecule has 2 saturated heterocycles. The van der Waals surface area contributed by atoms with E-state index in [1.807, 2.05) is 10.3 Å². The summed E-state index contributed by atoms with van der Waals surface area (Å²) in [5, 5.41) is 33.0. The molecule has 3 rings (SSSR count). The maximum atomic E-state index is 12.7. The fourth-order valence-electron chi connectivity index (χ4n) is 4.14. The summed E-state index contributed by atoms with van der Waals surface area (Å²) in [5.41, 5.74) is -1.88. The van der Waals surface area contributed by atoms with Gasteiger partial charge in [-0.2, -0.15) is 21.1 Å². The van der Waals surface area contributed by atoms with Crippen LogP contribution in [-0.4, -0.2) is 129 Å². The van der Waals surface area contributed by atoms with Crippen LogP contribution in [0.4, 0.5) is 0 Å². The first-order valence-electron chi connectivity index (χ1n) is 12.3. The van der Waals surface area contributed by atoms with E-state index in [1.165, 1.54) is 0 Å². The molecular formula is C17H27N3O23P2S2. The molecule has 9 N–H and O–H groups in total. The molecule has 2 aliphatic rings. The molecule has 3 unspecified atom stereocenters. The van der Waals surface area contributed by atoms with E-state index < -0.39 is 122 Å². The van der Waals surface area contributed by atoms with Gasteiger partial charge in [-0.1, -0.05) is 0 Å². The smallest absolute Gasteiger partial charge is 0.388 e. The lowest BCUT2D eigenvalue weighted by Crippen LogP contribution is -2.65. The minimum Gasteiger partial charge on any atom is -0.388 e. The highest BCUT2D eigenvalue weighted by Gasteiger charge is 2.52. The number of carbonyl (C=O) groups excluding carboxylic acids is 1. The predicted octanol–water partition coefficient (Wildman–Crippen LogP) is -5.00. The molecule has 1 aromatic rings. The van der Waals surface area contributed by atoms with Crippen molar-refractivity contribution in [2.24, 2.45) is 0 Å². The summed E-state index contributed by atoms with van der Waals surface area (Å²) >= 11 is 0. The van der Waals surface area contributed by atoms with Gasteiger partial charge in [-0.25, -0.2) is 22.3 Å². The monoisotopic (exact) mass is 767 g/mol. The van der Waals surface area contributed by atoms with Crippen LogP contribution >= 0.6 is 15.6 Å². The summed E-state index contributed by atoms with van der Waals surface area (Å²) in [7, 11) is -22.5. The lowest BCUT2D eigenvalue weighted by molar-refractivity contribution is -0.241. The van der Waals surface area contributed by atoms with E-state index in [9.17, 15) is 65.5 Å². The topological polar surface area (TPSA) is 393 Å². The number of rotatable bonds is 14. The Balaban J connectivity index is 1.75. The molecule has 47 heavy (non-hydrogen) atoms. The number of hydrogen-bond acceptors (Lipinski definition) is 19. The summed E-state index contributed by atoms with van der Waals surface area (Å²) in [5.74, 6) is -1.05. The average Bonchev–Trinajstić information content (AvgIpc) is 3.17. The maximum absolute atomic E-state index is 12.7. The molecule has 3 heterocycles. The fraction of sp³-hybridized carbons (Fsp3) is 0.706. The number of nitrogens with one attached hydrogen (secondary N) is 2. The van der Waals surface area contributed by atoms with Gasteiger partial charge < -0.3 is 39.9 Å². The molecule has 0 radical (unpaired) electrons. The van der Waals surface area contributed by atoms with Crippen molar-refractivity contribution in [2.45, 2.75) is 62.1 Å². The third-order valence-corrected chi connectivity index (χ3v) is 9.46. The molecule has 2 fully saturated rings. The van der Waals surface area contributed by atoms with Crippen LogP contribution in [0.3, 0.4) is 0 Å². The number of aromatic nitrogens is 2. The molecule has 1 amide bonds. The maximum Gasteiger partial charge on any atom is 0.483 e. The van der Waals surface area contributed by atoms with Crippen molar-refractivity contribution in [3.8, 4) is 0 Å². The second kappa shape index (κ2) is 14.8. The summed E-state index contributed by atoms with van der Waals surface area (Å²) < 4.78 is 120. The minimum atomic E-state index is -5.96. The Bertz CT molecular complexity index is 1730. The zero-order chi connectivity index (χ0) is 35.7. The summed E-state index contributed by atoms with van der Waals surface area (Å²) in [4.78, 5) is 57.0. The zero-order valence-electron chi connectivity index (χ0n) is 23.1. The third kappa shape index (κ3) is 11.2. The molecular weight excluding hydrogens is 740 g/mol. The zero-order valence-corrected chi connectivity index (χ0v) is 26.5. The van der Waals surface area contributed by atoms with Gasteiger partial charge in [0.15, 0.2) is 12.5 Å². The van der Waals surface area contributed by atoms with Gasteiger partial charge in [-0.15, -0.1) is 0 Å². The standard InChI is InChI=1S/C17H27N3O23P2S2/c1-6(21)18-10-12(24)14(42-47(34,35)36)8(5-38-46(31,32)33)40-16(10)41-45(29,30)43-44(27,28)37-4-7-11(23)13(25)15(39-7)20-3-2-9(22)19-17(20)26/h2-3,7-8,10-16,23-25H,4-5H2,1H3,(H,18,21)(H,27,28)(H,29,30)(H,19,22,26)(H,31,32,33)(H,34,35,36)/t7-,8-,10-,11-,12-,13-,14+,15-,16?/m1/s1. The molecule has 270 valence electrons. The van der Waals surface area contributed by atoms with Gasteiger partial charge in [0.25, 0.3) is 5.56 Å². The van der Waals surface area contributed by atoms with Crippen molar-refractivity contribution in [3.05, 3.63) is 33.1 Å². The second-order valence-corrected chi connectivity index (χ2v) is 14.6. The molecule has 0 bridgehead atoms. The van der Waals surface area contributed by atoms with Crippen molar-refractivity contribution >= 4 is 42.4 Å².